The molecule has 22 heavy (non-hydrogen) atoms. The number of furan rings is 1. The molecule has 3 heteroatoms. The Bertz CT molecular complexity index is 398. The van der Waals surface area contributed by atoms with E-state index in [2.05, 4.69) is 52.5 Å². The zero-order chi connectivity index (χ0) is 16.6. The molecule has 0 aliphatic heterocycles. The molecule has 0 saturated heterocycles. The molecule has 0 aliphatic rings. The van der Waals surface area contributed by atoms with Crippen LogP contribution in [-0.4, -0.2) is 26.5 Å². The van der Waals surface area contributed by atoms with E-state index in [1.54, 1.807) is 0 Å². The Balaban J connectivity index is 3.10. The Morgan fingerprint density at radius 2 is 1.27 bits per heavy atom. The number of rotatable bonds is 11. The fourth-order valence-electron chi connectivity index (χ4n) is 3.32. The third kappa shape index (κ3) is 5.74. The van der Waals surface area contributed by atoms with Crippen molar-refractivity contribution < 1.29 is 4.42 Å². The van der Waals surface area contributed by atoms with E-state index in [-0.39, 0.29) is 0 Å². The molecule has 1 heterocycles. The van der Waals surface area contributed by atoms with E-state index in [1.807, 2.05) is 0 Å². The summed E-state index contributed by atoms with van der Waals surface area (Å²) >= 11 is -2.32. The Hall–Kier alpha value is 0.296. The van der Waals surface area contributed by atoms with Crippen molar-refractivity contribution in [3.8, 4) is 0 Å². The molecule has 0 atom stereocenters. The van der Waals surface area contributed by atoms with E-state index in [4.69, 9.17) is 4.42 Å². The Kier molecular flexibility index (Phi) is 8.84. The van der Waals surface area contributed by atoms with Crippen molar-refractivity contribution in [3.05, 3.63) is 12.1 Å². The number of hydrogen-bond donors (Lipinski definition) is 0. The second-order valence-corrected chi connectivity index (χ2v) is 26.0. The molecule has 0 bridgehead atoms. The molecule has 0 aromatic carbocycles. The third-order valence-electron chi connectivity index (χ3n) is 4.89. The molecule has 1 rings (SSSR count). The first-order chi connectivity index (χ1) is 10.4. The van der Waals surface area contributed by atoms with Crippen LogP contribution in [0, 0.1) is 0 Å². The van der Waals surface area contributed by atoms with Crippen LogP contribution in [0.5, 0.6) is 0 Å². The topological polar surface area (TPSA) is 13.1 Å². The molecule has 0 fully saturated rings. The van der Waals surface area contributed by atoms with E-state index in [1.165, 1.54) is 61.0 Å². The summed E-state index contributed by atoms with van der Waals surface area (Å²) in [5.41, 5.74) is 0. The Morgan fingerprint density at radius 1 is 0.818 bits per heavy atom. The van der Waals surface area contributed by atoms with Crippen molar-refractivity contribution in [2.24, 2.45) is 0 Å². The first kappa shape index (κ1) is 20.3. The monoisotopic (exact) mass is 430 g/mol. The quantitative estimate of drug-likeness (QED) is 0.401. The summed E-state index contributed by atoms with van der Waals surface area (Å²) in [6, 6.07) is 4.74. The predicted octanol–water partition coefficient (Wildman–Crippen LogP) is 5.88. The van der Waals surface area contributed by atoms with Crippen molar-refractivity contribution in [2.45, 2.75) is 92.2 Å². The van der Waals surface area contributed by atoms with Gasteiger partial charge in [-0.15, -0.1) is 0 Å². The molecule has 1 nitrogen and oxygen atoms in total. The molecule has 1 aromatic heterocycles. The Morgan fingerprint density at radius 3 is 1.59 bits per heavy atom. The van der Waals surface area contributed by atoms with Gasteiger partial charge in [-0.2, -0.15) is 0 Å². The summed E-state index contributed by atoms with van der Waals surface area (Å²) in [7, 11) is -1.32. The van der Waals surface area contributed by atoms with Gasteiger partial charge in [-0.1, -0.05) is 0 Å². The van der Waals surface area contributed by atoms with E-state index in [0.29, 0.717) is 0 Å². The molecule has 128 valence electrons. The van der Waals surface area contributed by atoms with Crippen LogP contribution < -0.4 is 9.16 Å². The average Bonchev–Trinajstić information content (AvgIpc) is 2.97. The maximum absolute atomic E-state index is 6.56. The third-order valence-corrected chi connectivity index (χ3v) is 21.6. The van der Waals surface area contributed by atoms with Gasteiger partial charge in [0.2, 0.25) is 0 Å². The molecular formula is C19H38OSiSn. The first-order valence-electron chi connectivity index (χ1n) is 9.50. The van der Waals surface area contributed by atoms with Crippen LogP contribution in [0.3, 0.4) is 0 Å². The van der Waals surface area contributed by atoms with Gasteiger partial charge in [0, 0.05) is 0 Å². The van der Waals surface area contributed by atoms with Crippen LogP contribution in [0.1, 0.15) is 59.3 Å². The minimum atomic E-state index is -2.32. The van der Waals surface area contributed by atoms with Crippen LogP contribution in [-0.2, 0) is 0 Å². The fraction of sp³-hybridized carbons (Fsp3) is 0.789. The molecule has 0 amide bonds. The molecule has 0 aliphatic carbocycles. The van der Waals surface area contributed by atoms with Gasteiger partial charge in [-0.3, -0.25) is 0 Å². The van der Waals surface area contributed by atoms with Crippen molar-refractivity contribution >= 4 is 35.6 Å². The maximum atomic E-state index is 6.56. The molecule has 0 unspecified atom stereocenters. The van der Waals surface area contributed by atoms with Crippen LogP contribution in [0.25, 0.3) is 0 Å². The SMILES string of the molecule is CCC[CH2][Sn]([CH2]CCC)([CH2]CCC)[c]1ccc([Si](C)(C)C)o1. The summed E-state index contributed by atoms with van der Waals surface area (Å²) in [6.07, 6.45) is 8.22. The van der Waals surface area contributed by atoms with Gasteiger partial charge in [0.1, 0.15) is 0 Å². The molecule has 1 aromatic rings. The van der Waals surface area contributed by atoms with E-state index < -0.39 is 26.5 Å². The van der Waals surface area contributed by atoms with E-state index >= 15 is 0 Å². The molecule has 0 spiro atoms. The Labute approximate surface area is 144 Å². The summed E-state index contributed by atoms with van der Waals surface area (Å²) in [5.74, 6) is 0. The predicted molar refractivity (Wildman–Crippen MR) is 106 cm³/mol. The summed E-state index contributed by atoms with van der Waals surface area (Å²) in [5, 5.41) is 1.33. The van der Waals surface area contributed by atoms with Gasteiger partial charge in [-0.25, -0.2) is 0 Å². The number of hydrogen-bond acceptors (Lipinski definition) is 1. The van der Waals surface area contributed by atoms with Gasteiger partial charge in [-0.05, 0) is 0 Å². The van der Waals surface area contributed by atoms with E-state index in [9.17, 15) is 0 Å². The van der Waals surface area contributed by atoms with Crippen LogP contribution in [0.2, 0.25) is 33.0 Å². The van der Waals surface area contributed by atoms with Crippen LogP contribution in [0.4, 0.5) is 0 Å². The minimum absolute atomic E-state index is 1.32. The molecule has 0 N–H and O–H groups in total. The summed E-state index contributed by atoms with van der Waals surface area (Å²) in [4.78, 5) is 0. The van der Waals surface area contributed by atoms with Gasteiger partial charge in [0.25, 0.3) is 0 Å². The van der Waals surface area contributed by atoms with Crippen molar-refractivity contribution in [1.29, 1.82) is 0 Å². The first-order valence-corrected chi connectivity index (χ1v) is 20.5. The molecule has 0 saturated carbocycles. The summed E-state index contributed by atoms with van der Waals surface area (Å²) in [6.45, 7) is 14.2. The van der Waals surface area contributed by atoms with Gasteiger partial charge in [0.05, 0.1) is 0 Å². The van der Waals surface area contributed by atoms with Crippen molar-refractivity contribution in [1.82, 2.24) is 0 Å². The molecular weight excluding hydrogens is 391 g/mol. The van der Waals surface area contributed by atoms with Crippen molar-refractivity contribution in [2.75, 3.05) is 0 Å². The normalized spacial score (nSPS) is 12.8. The van der Waals surface area contributed by atoms with Crippen LogP contribution >= 0.6 is 0 Å². The second-order valence-electron chi connectivity index (χ2n) is 8.00. The van der Waals surface area contributed by atoms with Gasteiger partial charge < -0.3 is 0 Å². The van der Waals surface area contributed by atoms with Crippen LogP contribution in [0.15, 0.2) is 16.5 Å². The van der Waals surface area contributed by atoms with Gasteiger partial charge >= 0.3 is 144 Å². The summed E-state index contributed by atoms with van der Waals surface area (Å²) < 4.78 is 12.6. The van der Waals surface area contributed by atoms with E-state index in [0.717, 1.165) is 0 Å². The van der Waals surface area contributed by atoms with Gasteiger partial charge in [0.15, 0.2) is 0 Å². The number of unbranched alkanes of at least 4 members (excludes halogenated alkanes) is 3. The zero-order valence-corrected chi connectivity index (χ0v) is 19.8. The standard InChI is InChI=1S/C7H11OSi.3C4H9.Sn/c1-9(2,3)7-5-4-6-8-7;3*1-3-4-2;/h4-5H,1-3H3;3*1,3-4H2,2H3;. The second kappa shape index (κ2) is 9.56. The fourth-order valence-corrected chi connectivity index (χ4v) is 19.9. The molecule has 0 radical (unpaired) electrons. The zero-order valence-electron chi connectivity index (χ0n) is 15.9. The average molecular weight is 429 g/mol. The van der Waals surface area contributed by atoms with Crippen molar-refractivity contribution in [3.63, 3.8) is 0 Å².